The highest BCUT2D eigenvalue weighted by molar-refractivity contribution is 6.21. The van der Waals surface area contributed by atoms with Crippen molar-refractivity contribution in [2.75, 3.05) is 13.7 Å². The lowest BCUT2D eigenvalue weighted by Crippen LogP contribution is -2.32. The van der Waals surface area contributed by atoms with Crippen molar-refractivity contribution in [3.05, 3.63) is 65.0 Å². The summed E-state index contributed by atoms with van der Waals surface area (Å²) >= 11 is 0. The summed E-state index contributed by atoms with van der Waals surface area (Å²) in [4.78, 5) is 37.9. The highest BCUT2D eigenvalue weighted by atomic mass is 19.1. The lowest BCUT2D eigenvalue weighted by molar-refractivity contribution is -0.121. The van der Waals surface area contributed by atoms with Crippen molar-refractivity contribution < 1.29 is 23.5 Å². The molecule has 0 aromatic heterocycles. The number of nitrogens with one attached hydrogen (secondary N) is 1. The molecule has 0 bridgehead atoms. The molecular formula is C21H21FN2O4. The number of carbonyl (C=O) groups is 3. The first-order valence-corrected chi connectivity index (χ1v) is 9.00. The van der Waals surface area contributed by atoms with Crippen LogP contribution in [0.2, 0.25) is 0 Å². The van der Waals surface area contributed by atoms with Crippen LogP contribution in [0.5, 0.6) is 5.75 Å². The van der Waals surface area contributed by atoms with Gasteiger partial charge in [-0.3, -0.25) is 19.3 Å². The highest BCUT2D eigenvalue weighted by Gasteiger charge is 2.34. The van der Waals surface area contributed by atoms with E-state index in [9.17, 15) is 18.8 Å². The SMILES string of the molecule is COc1ccc([C@@H](C)NC(=O)CCCN2C(=O)c3ccccc3C2=O)cc1F. The second kappa shape index (κ2) is 8.21. The molecule has 0 radical (unpaired) electrons. The molecule has 0 fully saturated rings. The van der Waals surface area contributed by atoms with Gasteiger partial charge in [0.25, 0.3) is 11.8 Å². The fourth-order valence-electron chi connectivity index (χ4n) is 3.19. The number of benzene rings is 2. The van der Waals surface area contributed by atoms with E-state index in [1.807, 2.05) is 0 Å². The first-order valence-electron chi connectivity index (χ1n) is 9.00. The third-order valence-corrected chi connectivity index (χ3v) is 4.72. The van der Waals surface area contributed by atoms with Crippen LogP contribution in [-0.4, -0.2) is 36.3 Å². The van der Waals surface area contributed by atoms with Gasteiger partial charge < -0.3 is 10.1 Å². The zero-order chi connectivity index (χ0) is 20.3. The predicted molar refractivity (Wildman–Crippen MR) is 101 cm³/mol. The molecule has 146 valence electrons. The third kappa shape index (κ3) is 3.88. The smallest absolute Gasteiger partial charge is 0.261 e. The summed E-state index contributed by atoms with van der Waals surface area (Å²) in [5, 5.41) is 2.79. The first kappa shape index (κ1) is 19.5. The lowest BCUT2D eigenvalue weighted by Gasteiger charge is -2.16. The molecule has 0 aliphatic carbocycles. The lowest BCUT2D eigenvalue weighted by atomic mass is 10.1. The van der Waals surface area contributed by atoms with E-state index in [4.69, 9.17) is 4.74 Å². The number of nitrogens with zero attached hydrogens (tertiary/aromatic N) is 1. The number of fused-ring (bicyclic) bond motifs is 1. The van der Waals surface area contributed by atoms with Crippen LogP contribution in [0.15, 0.2) is 42.5 Å². The molecule has 6 nitrogen and oxygen atoms in total. The third-order valence-electron chi connectivity index (χ3n) is 4.72. The van der Waals surface area contributed by atoms with E-state index in [2.05, 4.69) is 5.32 Å². The van der Waals surface area contributed by atoms with Crippen molar-refractivity contribution in [2.45, 2.75) is 25.8 Å². The van der Waals surface area contributed by atoms with Crippen molar-refractivity contribution >= 4 is 17.7 Å². The number of ether oxygens (including phenoxy) is 1. The van der Waals surface area contributed by atoms with Crippen molar-refractivity contribution in [2.24, 2.45) is 0 Å². The minimum absolute atomic E-state index is 0.142. The first-order chi connectivity index (χ1) is 13.4. The number of imide groups is 1. The predicted octanol–water partition coefficient (Wildman–Crippen LogP) is 3.09. The number of amides is 3. The average molecular weight is 384 g/mol. The van der Waals surface area contributed by atoms with Crippen molar-refractivity contribution in [3.8, 4) is 5.75 Å². The minimum atomic E-state index is -0.494. The molecular weight excluding hydrogens is 363 g/mol. The van der Waals surface area contributed by atoms with Crippen LogP contribution < -0.4 is 10.1 Å². The Hall–Kier alpha value is -3.22. The molecule has 1 aliphatic rings. The maximum Gasteiger partial charge on any atom is 0.261 e. The van der Waals surface area contributed by atoms with Gasteiger partial charge in [-0.1, -0.05) is 18.2 Å². The van der Waals surface area contributed by atoms with Gasteiger partial charge in [0.05, 0.1) is 24.3 Å². The maximum atomic E-state index is 13.8. The number of hydrogen-bond donors (Lipinski definition) is 1. The van der Waals surface area contributed by atoms with Crippen LogP contribution >= 0.6 is 0 Å². The molecule has 2 aromatic carbocycles. The molecule has 28 heavy (non-hydrogen) atoms. The Morgan fingerprint density at radius 3 is 2.36 bits per heavy atom. The topological polar surface area (TPSA) is 75.7 Å². The van der Waals surface area contributed by atoms with Gasteiger partial charge in [-0.15, -0.1) is 0 Å². The molecule has 1 N–H and O–H groups in total. The van der Waals surface area contributed by atoms with Gasteiger partial charge in [0.2, 0.25) is 5.91 Å². The second-order valence-corrected chi connectivity index (χ2v) is 6.59. The Bertz CT molecular complexity index is 893. The van der Waals surface area contributed by atoms with E-state index in [1.54, 1.807) is 37.3 Å². The van der Waals surface area contributed by atoms with E-state index in [0.29, 0.717) is 23.1 Å². The summed E-state index contributed by atoms with van der Waals surface area (Å²) in [5.41, 5.74) is 1.41. The Kier molecular flexibility index (Phi) is 5.73. The largest absolute Gasteiger partial charge is 0.494 e. The van der Waals surface area contributed by atoms with Crippen LogP contribution in [0, 0.1) is 5.82 Å². The Labute approximate surface area is 162 Å². The molecule has 3 rings (SSSR count). The van der Waals surface area contributed by atoms with Gasteiger partial charge in [-0.05, 0) is 43.2 Å². The van der Waals surface area contributed by atoms with E-state index in [1.165, 1.54) is 24.1 Å². The average Bonchev–Trinajstić information content (AvgIpc) is 2.93. The molecule has 0 saturated heterocycles. The fourth-order valence-corrected chi connectivity index (χ4v) is 3.19. The second-order valence-electron chi connectivity index (χ2n) is 6.59. The van der Waals surface area contributed by atoms with Gasteiger partial charge in [-0.25, -0.2) is 4.39 Å². The summed E-state index contributed by atoms with van der Waals surface area (Å²) in [5.74, 6) is -1.25. The van der Waals surface area contributed by atoms with E-state index < -0.39 is 5.82 Å². The van der Waals surface area contributed by atoms with Gasteiger partial charge in [0, 0.05) is 13.0 Å². The molecule has 0 unspecified atom stereocenters. The zero-order valence-electron chi connectivity index (χ0n) is 15.7. The van der Waals surface area contributed by atoms with Crippen LogP contribution in [0.25, 0.3) is 0 Å². The van der Waals surface area contributed by atoms with Gasteiger partial charge in [0.1, 0.15) is 0 Å². The van der Waals surface area contributed by atoms with Gasteiger partial charge in [-0.2, -0.15) is 0 Å². The van der Waals surface area contributed by atoms with E-state index in [0.717, 1.165) is 0 Å². The number of carbonyl (C=O) groups excluding carboxylic acids is 3. The number of halogens is 1. The Morgan fingerprint density at radius 1 is 1.14 bits per heavy atom. The monoisotopic (exact) mass is 384 g/mol. The number of rotatable bonds is 7. The summed E-state index contributed by atoms with van der Waals surface area (Å²) in [6.45, 7) is 1.93. The summed E-state index contributed by atoms with van der Waals surface area (Å²) in [6.07, 6.45) is 0.497. The van der Waals surface area contributed by atoms with Crippen LogP contribution in [0.4, 0.5) is 4.39 Å². The number of hydrogen-bond acceptors (Lipinski definition) is 4. The Morgan fingerprint density at radius 2 is 1.79 bits per heavy atom. The standard InChI is InChI=1S/C21H21FN2O4/c1-13(14-9-10-18(28-2)17(22)12-14)23-19(25)8-5-11-24-20(26)15-6-3-4-7-16(15)21(24)27/h3-4,6-7,9-10,12-13H,5,8,11H2,1-2H3,(H,23,25)/t13-/m1/s1. The molecule has 0 saturated carbocycles. The molecule has 1 heterocycles. The highest BCUT2D eigenvalue weighted by Crippen LogP contribution is 2.23. The van der Waals surface area contributed by atoms with Crippen LogP contribution in [-0.2, 0) is 4.79 Å². The molecule has 0 spiro atoms. The van der Waals surface area contributed by atoms with E-state index >= 15 is 0 Å². The minimum Gasteiger partial charge on any atom is -0.494 e. The van der Waals surface area contributed by atoms with Crippen molar-refractivity contribution in [1.29, 1.82) is 0 Å². The molecule has 1 aliphatic heterocycles. The number of methoxy groups -OCH3 is 1. The van der Waals surface area contributed by atoms with Gasteiger partial charge >= 0.3 is 0 Å². The van der Waals surface area contributed by atoms with E-state index in [-0.39, 0.29) is 42.5 Å². The van der Waals surface area contributed by atoms with Crippen LogP contribution in [0.3, 0.4) is 0 Å². The normalized spacial score (nSPS) is 14.0. The Balaban J connectivity index is 1.51. The van der Waals surface area contributed by atoms with Crippen LogP contribution in [0.1, 0.15) is 52.1 Å². The molecule has 1 atom stereocenters. The molecule has 2 aromatic rings. The fraction of sp³-hybridized carbons (Fsp3) is 0.286. The van der Waals surface area contributed by atoms with Gasteiger partial charge in [0.15, 0.2) is 11.6 Å². The van der Waals surface area contributed by atoms with Crippen molar-refractivity contribution in [1.82, 2.24) is 10.2 Å². The summed E-state index contributed by atoms with van der Waals surface area (Å²) in [7, 11) is 1.39. The summed E-state index contributed by atoms with van der Waals surface area (Å²) < 4.78 is 18.7. The molecule has 7 heteroatoms. The van der Waals surface area contributed by atoms with Crippen molar-refractivity contribution in [3.63, 3.8) is 0 Å². The zero-order valence-corrected chi connectivity index (χ0v) is 15.7. The maximum absolute atomic E-state index is 13.8. The molecule has 3 amide bonds. The quantitative estimate of drug-likeness (QED) is 0.745. The summed E-state index contributed by atoms with van der Waals surface area (Å²) in [6, 6.07) is 10.8.